The van der Waals surface area contributed by atoms with Crippen LogP contribution in [0.5, 0.6) is 0 Å². The molecule has 2 rings (SSSR count). The molecule has 4 nitrogen and oxygen atoms in total. The van der Waals surface area contributed by atoms with Crippen molar-refractivity contribution in [2.45, 2.75) is 46.5 Å². The quantitative estimate of drug-likeness (QED) is 0.255. The number of ketones is 2. The number of rotatable bonds is 7. The number of carbonyl (C=O) groups is 2. The van der Waals surface area contributed by atoms with Gasteiger partial charge in [-0.25, -0.2) is 4.39 Å². The van der Waals surface area contributed by atoms with E-state index in [4.69, 9.17) is 0 Å². The molecule has 0 fully saturated rings. The van der Waals surface area contributed by atoms with Crippen molar-refractivity contribution >= 4 is 17.3 Å². The van der Waals surface area contributed by atoms with Gasteiger partial charge in [0.15, 0.2) is 11.6 Å². The van der Waals surface area contributed by atoms with Gasteiger partial charge in [-0.2, -0.15) is 26.3 Å². The lowest BCUT2D eigenvalue weighted by atomic mass is 10.0. The minimum absolute atomic E-state index is 0.260. The third-order valence-electron chi connectivity index (χ3n) is 4.87. The van der Waals surface area contributed by atoms with Gasteiger partial charge >= 0.3 is 12.4 Å². The molecule has 0 unspecified atom stereocenters. The van der Waals surface area contributed by atoms with E-state index >= 15 is 0 Å². The van der Waals surface area contributed by atoms with Gasteiger partial charge in [0.2, 0.25) is 0 Å². The number of halogens is 7. The van der Waals surface area contributed by atoms with Crippen LogP contribution in [0.1, 0.15) is 66.0 Å². The summed E-state index contributed by atoms with van der Waals surface area (Å²) < 4.78 is 88.4. The first-order valence-corrected chi connectivity index (χ1v) is 10.4. The minimum Gasteiger partial charge on any atom is -0.376 e. The molecule has 0 aliphatic carbocycles. The van der Waals surface area contributed by atoms with E-state index in [2.05, 4.69) is 0 Å². The van der Waals surface area contributed by atoms with Gasteiger partial charge in [-0.05, 0) is 62.6 Å². The largest absolute Gasteiger partial charge is 0.417 e. The average molecular weight is 509 g/mol. The van der Waals surface area contributed by atoms with Gasteiger partial charge in [-0.1, -0.05) is 13.8 Å². The Balaban J connectivity index is 0.000000379. The predicted octanol–water partition coefficient (Wildman–Crippen LogP) is 6.76. The summed E-state index contributed by atoms with van der Waals surface area (Å²) in [4.78, 5) is 23.6. The molecule has 0 heterocycles. The number of alkyl halides is 6. The molecule has 0 aliphatic heterocycles. The summed E-state index contributed by atoms with van der Waals surface area (Å²) in [7, 11) is 0. The van der Waals surface area contributed by atoms with Crippen LogP contribution in [0.4, 0.5) is 36.4 Å². The lowest BCUT2D eigenvalue weighted by Gasteiger charge is -2.24. The highest BCUT2D eigenvalue weighted by Gasteiger charge is 2.35. The molecule has 11 heteroatoms. The van der Waals surface area contributed by atoms with E-state index in [0.29, 0.717) is 18.5 Å². The van der Waals surface area contributed by atoms with Crippen LogP contribution in [0.3, 0.4) is 0 Å². The van der Waals surface area contributed by atoms with Crippen LogP contribution >= 0.6 is 0 Å². The van der Waals surface area contributed by atoms with Crippen LogP contribution in [-0.2, 0) is 12.4 Å². The van der Waals surface area contributed by atoms with E-state index in [-0.39, 0.29) is 18.0 Å². The molecular formula is C24H26F7NO3. The van der Waals surface area contributed by atoms with Crippen molar-refractivity contribution in [2.75, 3.05) is 18.2 Å². The zero-order valence-electron chi connectivity index (χ0n) is 19.5. The summed E-state index contributed by atoms with van der Waals surface area (Å²) >= 11 is 0. The lowest BCUT2D eigenvalue weighted by molar-refractivity contribution is -0.138. The maximum Gasteiger partial charge on any atom is 0.417 e. The van der Waals surface area contributed by atoms with Crippen LogP contribution in [0, 0.1) is 11.7 Å². The molecule has 0 aromatic heterocycles. The number of carbonyl (C=O) groups excluding carboxylic acids is 2. The molecule has 0 amide bonds. The highest BCUT2D eigenvalue weighted by atomic mass is 19.4. The van der Waals surface area contributed by atoms with Crippen LogP contribution < -0.4 is 4.90 Å². The maximum atomic E-state index is 13.0. The topological polar surface area (TPSA) is 57.6 Å². The molecule has 2 aromatic rings. The van der Waals surface area contributed by atoms with E-state index in [1.165, 1.54) is 17.0 Å². The number of aliphatic hydroxyl groups is 1. The summed E-state index contributed by atoms with van der Waals surface area (Å²) in [5.41, 5.74) is -2.80. The first-order chi connectivity index (χ1) is 16.0. The van der Waals surface area contributed by atoms with Crippen LogP contribution in [-0.4, -0.2) is 29.9 Å². The third kappa shape index (κ3) is 8.97. The van der Waals surface area contributed by atoms with Crippen molar-refractivity contribution in [3.63, 3.8) is 0 Å². The molecule has 35 heavy (non-hydrogen) atoms. The fraction of sp³-hybridized carbons (Fsp3) is 0.417. The Kier molecular flexibility index (Phi) is 10.4. The van der Waals surface area contributed by atoms with E-state index < -0.39 is 46.4 Å². The lowest BCUT2D eigenvalue weighted by Crippen LogP contribution is -2.27. The van der Waals surface area contributed by atoms with E-state index in [0.717, 1.165) is 38.5 Å². The molecule has 194 valence electrons. The van der Waals surface area contributed by atoms with Crippen molar-refractivity contribution in [3.05, 3.63) is 64.5 Å². The summed E-state index contributed by atoms with van der Waals surface area (Å²) in [5, 5.41) is 9.34. The summed E-state index contributed by atoms with van der Waals surface area (Å²) in [5.74, 6) is -2.01. The Morgan fingerprint density at radius 1 is 0.857 bits per heavy atom. The molecule has 2 aromatic carbocycles. The number of nitrogens with zero attached hydrogens (tertiary/aromatic N) is 1. The van der Waals surface area contributed by atoms with Gasteiger partial charge in [0.1, 0.15) is 12.5 Å². The van der Waals surface area contributed by atoms with Gasteiger partial charge in [0.25, 0.3) is 0 Å². The zero-order chi connectivity index (χ0) is 27.1. The summed E-state index contributed by atoms with van der Waals surface area (Å²) in [6.07, 6.45) is -8.56. The van der Waals surface area contributed by atoms with Gasteiger partial charge < -0.3 is 10.0 Å². The maximum absolute atomic E-state index is 13.0. The van der Waals surface area contributed by atoms with Crippen molar-refractivity contribution in [1.82, 2.24) is 0 Å². The van der Waals surface area contributed by atoms with Gasteiger partial charge in [0.05, 0.1) is 11.1 Å². The van der Waals surface area contributed by atoms with E-state index in [1.54, 1.807) is 0 Å². The van der Waals surface area contributed by atoms with Crippen LogP contribution in [0.2, 0.25) is 0 Å². The monoisotopic (exact) mass is 509 g/mol. The number of anilines is 1. The molecule has 0 spiro atoms. The Morgan fingerprint density at radius 2 is 1.31 bits per heavy atom. The number of aliphatic hydroxyl groups excluding tert-OH is 1. The van der Waals surface area contributed by atoms with Crippen LogP contribution in [0.25, 0.3) is 0 Å². The van der Waals surface area contributed by atoms with Crippen LogP contribution in [0.15, 0.2) is 36.4 Å². The Hall–Kier alpha value is -2.95. The second-order valence-electron chi connectivity index (χ2n) is 8.12. The Morgan fingerprint density at radius 3 is 1.71 bits per heavy atom. The predicted molar refractivity (Wildman–Crippen MR) is 117 cm³/mol. The molecular weight excluding hydrogens is 483 g/mol. The fourth-order valence-electron chi connectivity index (χ4n) is 3.02. The standard InChI is InChI=1S/C15H20F3NO2.C9H6F4O/c1-10(2)6-7-19(9-20)12-4-5-13(11(3)21)14(8-12)15(16,17)18;1-5(14)7-3-2-6(10)4-8(7)9(11,12)13/h4-5,8,10,20H,6-7,9H2,1-3H3;2-4H,1H3. The molecule has 0 aliphatic rings. The van der Waals surface area contributed by atoms with Crippen molar-refractivity contribution < 1.29 is 45.4 Å². The van der Waals surface area contributed by atoms with E-state index in [9.17, 15) is 45.4 Å². The Labute approximate surface area is 198 Å². The second kappa shape index (κ2) is 12.1. The SMILES string of the molecule is CC(=O)c1ccc(F)cc1C(F)(F)F.CC(=O)c1ccc(N(CO)CCC(C)C)cc1C(F)(F)F. The molecule has 0 bridgehead atoms. The first kappa shape index (κ1) is 30.1. The third-order valence-corrected chi connectivity index (χ3v) is 4.87. The van der Waals surface area contributed by atoms with Gasteiger partial charge in [-0.15, -0.1) is 0 Å². The molecule has 1 N–H and O–H groups in total. The molecule has 0 atom stereocenters. The number of hydrogen-bond donors (Lipinski definition) is 1. The Bertz CT molecular complexity index is 1030. The highest BCUT2D eigenvalue weighted by Crippen LogP contribution is 2.35. The van der Waals surface area contributed by atoms with Crippen molar-refractivity contribution in [2.24, 2.45) is 5.92 Å². The molecule has 0 saturated heterocycles. The van der Waals surface area contributed by atoms with Gasteiger partial charge in [-0.3, -0.25) is 9.59 Å². The number of benzene rings is 2. The smallest absolute Gasteiger partial charge is 0.376 e. The summed E-state index contributed by atoms with van der Waals surface area (Å²) in [6.45, 7) is 6.18. The van der Waals surface area contributed by atoms with Gasteiger partial charge in [0, 0.05) is 23.4 Å². The number of Topliss-reactive ketones (excluding diaryl/α,β-unsaturated/α-hetero) is 2. The second-order valence-corrected chi connectivity index (χ2v) is 8.12. The summed E-state index contributed by atoms with van der Waals surface area (Å²) in [6, 6.07) is 5.50. The van der Waals surface area contributed by atoms with Crippen molar-refractivity contribution in [1.29, 1.82) is 0 Å². The van der Waals surface area contributed by atoms with E-state index in [1.807, 2.05) is 13.8 Å². The molecule has 0 radical (unpaired) electrons. The first-order valence-electron chi connectivity index (χ1n) is 10.4. The average Bonchev–Trinajstić information content (AvgIpc) is 2.72. The molecule has 0 saturated carbocycles. The number of hydrogen-bond acceptors (Lipinski definition) is 4. The highest BCUT2D eigenvalue weighted by molar-refractivity contribution is 5.96. The van der Waals surface area contributed by atoms with Crippen molar-refractivity contribution in [3.8, 4) is 0 Å². The zero-order valence-corrected chi connectivity index (χ0v) is 19.5. The fourth-order valence-corrected chi connectivity index (χ4v) is 3.02. The minimum atomic E-state index is -4.71. The normalized spacial score (nSPS) is 11.7.